The Hall–Kier alpha value is -2.50. The number of aromatic nitrogens is 1. The van der Waals surface area contributed by atoms with Crippen LogP contribution in [0.3, 0.4) is 0 Å². The summed E-state index contributed by atoms with van der Waals surface area (Å²) in [5.74, 6) is 0.273. The van der Waals surface area contributed by atoms with Gasteiger partial charge in [-0.1, -0.05) is 12.7 Å². The summed E-state index contributed by atoms with van der Waals surface area (Å²) in [4.78, 5) is 26.5. The van der Waals surface area contributed by atoms with Crippen molar-refractivity contribution < 1.29 is 14.7 Å². The molecule has 1 aromatic carbocycles. The Labute approximate surface area is 177 Å². The summed E-state index contributed by atoms with van der Waals surface area (Å²) < 4.78 is 2.30. The van der Waals surface area contributed by atoms with Crippen LogP contribution in [0, 0.1) is 0 Å². The number of allylic oxidation sites excluding steroid dienone is 2. The Morgan fingerprint density at radius 2 is 1.97 bits per heavy atom. The molecular formula is C25H30N2O3. The van der Waals surface area contributed by atoms with Crippen LogP contribution in [0.1, 0.15) is 60.6 Å². The Kier molecular flexibility index (Phi) is 6.02. The number of benzene rings is 1. The zero-order valence-electron chi connectivity index (χ0n) is 17.7. The molecule has 158 valence electrons. The lowest BCUT2D eigenvalue weighted by atomic mass is 9.97. The van der Waals surface area contributed by atoms with Gasteiger partial charge in [0, 0.05) is 66.7 Å². The Morgan fingerprint density at radius 3 is 2.70 bits per heavy atom. The average Bonchev–Trinajstić information content (AvgIpc) is 3.06. The minimum atomic E-state index is -0.175. The van der Waals surface area contributed by atoms with Crippen LogP contribution in [0.2, 0.25) is 0 Å². The van der Waals surface area contributed by atoms with Crippen LogP contribution in [0.15, 0.2) is 30.9 Å². The highest BCUT2D eigenvalue weighted by molar-refractivity contribution is 6.03. The minimum absolute atomic E-state index is 0.0460. The second-order valence-corrected chi connectivity index (χ2v) is 8.52. The number of hydrogen-bond donors (Lipinski definition) is 1. The number of piperidine rings is 1. The number of Topliss-reactive ketones (excluding diaryl/α,β-unsaturated/α-hetero) is 2. The molecule has 0 radical (unpaired) electrons. The van der Waals surface area contributed by atoms with Gasteiger partial charge in [-0.15, -0.1) is 0 Å². The highest BCUT2D eigenvalue weighted by Gasteiger charge is 2.22. The van der Waals surface area contributed by atoms with Gasteiger partial charge in [0.2, 0.25) is 0 Å². The van der Waals surface area contributed by atoms with Crippen LogP contribution in [0.25, 0.3) is 22.6 Å². The number of nitrogens with zero attached hydrogens (tertiary/aromatic N) is 2. The Bertz CT molecular complexity index is 1020. The summed E-state index contributed by atoms with van der Waals surface area (Å²) in [5.41, 5.74) is 4.88. The van der Waals surface area contributed by atoms with Crippen molar-refractivity contribution in [2.45, 2.75) is 51.7 Å². The number of carbonyl (C=O) groups is 2. The van der Waals surface area contributed by atoms with E-state index in [4.69, 9.17) is 0 Å². The fraction of sp³-hybridized carbons (Fsp3) is 0.440. The molecule has 1 saturated heterocycles. The van der Waals surface area contributed by atoms with Crippen molar-refractivity contribution in [3.05, 3.63) is 47.7 Å². The maximum atomic E-state index is 12.1. The number of carbonyl (C=O) groups excluding carboxylic acids is 2. The molecule has 2 aliphatic rings. The molecular weight excluding hydrogens is 376 g/mol. The van der Waals surface area contributed by atoms with Crippen molar-refractivity contribution >= 4 is 34.1 Å². The van der Waals surface area contributed by atoms with E-state index in [0.717, 1.165) is 66.8 Å². The third kappa shape index (κ3) is 4.18. The zero-order chi connectivity index (χ0) is 21.3. The maximum Gasteiger partial charge on any atom is 0.159 e. The van der Waals surface area contributed by atoms with Crippen molar-refractivity contribution in [2.24, 2.45) is 0 Å². The number of likely N-dealkylation sites (tertiary alicyclic amines) is 1. The van der Waals surface area contributed by atoms with Gasteiger partial charge in [0.05, 0.1) is 6.10 Å². The topological polar surface area (TPSA) is 62.5 Å². The van der Waals surface area contributed by atoms with E-state index >= 15 is 0 Å². The molecule has 1 N–H and O–H groups in total. The molecule has 30 heavy (non-hydrogen) atoms. The summed E-state index contributed by atoms with van der Waals surface area (Å²) in [6.07, 6.45) is 7.06. The van der Waals surface area contributed by atoms with Crippen LogP contribution in [-0.4, -0.2) is 51.9 Å². The van der Waals surface area contributed by atoms with Crippen LogP contribution in [-0.2, 0) is 11.3 Å². The Balaban J connectivity index is 1.77. The average molecular weight is 407 g/mol. The molecule has 5 nitrogen and oxygen atoms in total. The molecule has 1 fully saturated rings. The monoisotopic (exact) mass is 406 g/mol. The molecule has 0 atom stereocenters. The van der Waals surface area contributed by atoms with Crippen LogP contribution >= 0.6 is 0 Å². The lowest BCUT2D eigenvalue weighted by molar-refractivity contribution is -0.118. The second-order valence-electron chi connectivity index (χ2n) is 8.52. The van der Waals surface area contributed by atoms with E-state index in [9.17, 15) is 14.7 Å². The third-order valence-electron chi connectivity index (χ3n) is 6.39. The van der Waals surface area contributed by atoms with Crippen molar-refractivity contribution in [3.8, 4) is 0 Å². The number of ketones is 2. The van der Waals surface area contributed by atoms with E-state index in [2.05, 4.69) is 22.1 Å². The van der Waals surface area contributed by atoms with Gasteiger partial charge in [0.25, 0.3) is 0 Å². The number of fused-ring (bicyclic) bond motifs is 3. The first-order chi connectivity index (χ1) is 14.4. The van der Waals surface area contributed by atoms with Crippen LogP contribution in [0.4, 0.5) is 0 Å². The molecule has 1 aromatic heterocycles. The summed E-state index contributed by atoms with van der Waals surface area (Å²) in [7, 11) is 0. The van der Waals surface area contributed by atoms with Gasteiger partial charge in [-0.2, -0.15) is 0 Å². The Morgan fingerprint density at radius 1 is 1.20 bits per heavy atom. The molecule has 2 aromatic rings. The lowest BCUT2D eigenvalue weighted by Gasteiger charge is -2.29. The highest BCUT2D eigenvalue weighted by atomic mass is 16.3. The van der Waals surface area contributed by atoms with Gasteiger partial charge in [0.1, 0.15) is 5.78 Å². The predicted molar refractivity (Wildman–Crippen MR) is 121 cm³/mol. The van der Waals surface area contributed by atoms with Gasteiger partial charge in [-0.05, 0) is 56.0 Å². The standard InChI is InChI=1S/C25H30N2O3/c1-17-6-8-20(29)4-3-5-24-25(17)22-16-19(18(2)28)7-9-23(22)27(24)15-14-26-12-10-21(30)11-13-26/h3,5,7,9,16,21,30H,1,4,6,8,10-15H2,2H3/b5-3-. The summed E-state index contributed by atoms with van der Waals surface area (Å²) in [5, 5.41) is 10.8. The largest absolute Gasteiger partial charge is 0.393 e. The molecule has 5 heteroatoms. The fourth-order valence-corrected chi connectivity index (χ4v) is 4.58. The van der Waals surface area contributed by atoms with E-state index in [1.807, 2.05) is 24.3 Å². The van der Waals surface area contributed by atoms with Gasteiger partial charge < -0.3 is 14.6 Å². The van der Waals surface area contributed by atoms with E-state index in [1.165, 1.54) is 0 Å². The van der Waals surface area contributed by atoms with Crippen LogP contribution < -0.4 is 0 Å². The van der Waals surface area contributed by atoms with Gasteiger partial charge in [-0.3, -0.25) is 9.59 Å². The van der Waals surface area contributed by atoms with Crippen molar-refractivity contribution in [1.29, 1.82) is 0 Å². The molecule has 0 bridgehead atoms. The zero-order valence-corrected chi connectivity index (χ0v) is 17.7. The molecule has 1 aliphatic heterocycles. The SMILES string of the molecule is C=C1CCC(=O)C/C=C\c2c1c1cc(C(C)=O)ccc1n2CCN1CCC(O)CC1. The summed E-state index contributed by atoms with van der Waals surface area (Å²) >= 11 is 0. The van der Waals surface area contributed by atoms with E-state index in [0.29, 0.717) is 24.8 Å². The lowest BCUT2D eigenvalue weighted by Crippen LogP contribution is -2.37. The van der Waals surface area contributed by atoms with Crippen molar-refractivity contribution in [3.63, 3.8) is 0 Å². The smallest absolute Gasteiger partial charge is 0.159 e. The fourth-order valence-electron chi connectivity index (χ4n) is 4.58. The molecule has 2 heterocycles. The van der Waals surface area contributed by atoms with Crippen molar-refractivity contribution in [2.75, 3.05) is 19.6 Å². The van der Waals surface area contributed by atoms with E-state index in [-0.39, 0.29) is 17.7 Å². The molecule has 4 rings (SSSR count). The van der Waals surface area contributed by atoms with E-state index in [1.54, 1.807) is 6.92 Å². The first-order valence-electron chi connectivity index (χ1n) is 10.9. The molecule has 0 spiro atoms. The number of aliphatic hydroxyl groups excluding tert-OH is 1. The third-order valence-corrected chi connectivity index (χ3v) is 6.39. The number of aliphatic hydroxyl groups is 1. The predicted octanol–water partition coefficient (Wildman–Crippen LogP) is 4.08. The normalized spacial score (nSPS) is 19.9. The second kappa shape index (κ2) is 8.70. The highest BCUT2D eigenvalue weighted by Crippen LogP contribution is 2.36. The molecule has 1 aliphatic carbocycles. The molecule has 0 saturated carbocycles. The van der Waals surface area contributed by atoms with Gasteiger partial charge in [0.15, 0.2) is 5.78 Å². The van der Waals surface area contributed by atoms with Gasteiger partial charge in [-0.25, -0.2) is 0 Å². The van der Waals surface area contributed by atoms with E-state index < -0.39 is 0 Å². The van der Waals surface area contributed by atoms with Crippen LogP contribution in [0.5, 0.6) is 0 Å². The molecule has 0 unspecified atom stereocenters. The first kappa shape index (κ1) is 20.8. The summed E-state index contributed by atoms with van der Waals surface area (Å²) in [6.45, 7) is 9.43. The number of hydrogen-bond acceptors (Lipinski definition) is 4. The minimum Gasteiger partial charge on any atom is -0.393 e. The quantitative estimate of drug-likeness (QED) is 0.777. The van der Waals surface area contributed by atoms with Gasteiger partial charge >= 0.3 is 0 Å². The molecule has 0 amide bonds. The first-order valence-corrected chi connectivity index (χ1v) is 10.9. The number of rotatable bonds is 4. The van der Waals surface area contributed by atoms with Crippen molar-refractivity contribution in [1.82, 2.24) is 9.47 Å². The maximum absolute atomic E-state index is 12.1. The summed E-state index contributed by atoms with van der Waals surface area (Å²) in [6, 6.07) is 5.91.